The van der Waals surface area contributed by atoms with Crippen molar-refractivity contribution in [1.82, 2.24) is 0 Å². The maximum absolute atomic E-state index is 11.6. The molecule has 0 aliphatic carbocycles. The summed E-state index contributed by atoms with van der Waals surface area (Å²) in [5.41, 5.74) is 0.978. The molecule has 1 N–H and O–H groups in total. The molecule has 104 valence electrons. The van der Waals surface area contributed by atoms with E-state index in [9.17, 15) is 8.42 Å². The smallest absolute Gasteiger partial charge is 0.152 e. The zero-order valence-electron chi connectivity index (χ0n) is 11.1. The number of hydrogen-bond acceptors (Lipinski definition) is 5. The van der Waals surface area contributed by atoms with E-state index < -0.39 is 9.84 Å². The standard InChI is InChI=1S/C13H18N2O3S/c1-3-8-19(16,17)9-7-15-13-11(10-14)5-4-6-12(13)18-2/h4-6,15H,3,7-9H2,1-2H3. The molecule has 0 saturated carbocycles. The summed E-state index contributed by atoms with van der Waals surface area (Å²) in [5, 5.41) is 12.0. The van der Waals surface area contributed by atoms with Crippen molar-refractivity contribution in [3.8, 4) is 11.8 Å². The van der Waals surface area contributed by atoms with Crippen molar-refractivity contribution in [1.29, 1.82) is 5.26 Å². The van der Waals surface area contributed by atoms with Crippen LogP contribution in [0.2, 0.25) is 0 Å². The highest BCUT2D eigenvalue weighted by molar-refractivity contribution is 7.91. The van der Waals surface area contributed by atoms with Gasteiger partial charge in [-0.3, -0.25) is 0 Å². The summed E-state index contributed by atoms with van der Waals surface area (Å²) in [7, 11) is -1.52. The fourth-order valence-electron chi connectivity index (χ4n) is 1.72. The summed E-state index contributed by atoms with van der Waals surface area (Å²) in [6.45, 7) is 2.09. The Hall–Kier alpha value is -1.74. The number of para-hydroxylation sites is 1. The molecule has 19 heavy (non-hydrogen) atoms. The van der Waals surface area contributed by atoms with Crippen LogP contribution in [0.1, 0.15) is 18.9 Å². The number of rotatable bonds is 7. The van der Waals surface area contributed by atoms with Crippen molar-refractivity contribution in [2.45, 2.75) is 13.3 Å². The van der Waals surface area contributed by atoms with Crippen molar-refractivity contribution in [3.63, 3.8) is 0 Å². The first-order chi connectivity index (χ1) is 9.04. The van der Waals surface area contributed by atoms with Crippen molar-refractivity contribution in [3.05, 3.63) is 23.8 Å². The van der Waals surface area contributed by atoms with Crippen LogP contribution in [0.15, 0.2) is 18.2 Å². The number of benzene rings is 1. The molecular formula is C13H18N2O3S. The largest absolute Gasteiger partial charge is 0.495 e. The molecule has 0 fully saturated rings. The number of hydrogen-bond donors (Lipinski definition) is 1. The highest BCUT2D eigenvalue weighted by atomic mass is 32.2. The van der Waals surface area contributed by atoms with Crippen molar-refractivity contribution >= 4 is 15.5 Å². The van der Waals surface area contributed by atoms with Crippen molar-refractivity contribution < 1.29 is 13.2 Å². The van der Waals surface area contributed by atoms with Gasteiger partial charge in [-0.25, -0.2) is 8.42 Å². The summed E-state index contributed by atoms with van der Waals surface area (Å²) in [6.07, 6.45) is 0.612. The minimum Gasteiger partial charge on any atom is -0.495 e. The molecule has 1 rings (SSSR count). The Morgan fingerprint density at radius 2 is 2.11 bits per heavy atom. The molecule has 0 saturated heterocycles. The van der Waals surface area contributed by atoms with Gasteiger partial charge in [0.1, 0.15) is 11.8 Å². The Labute approximate surface area is 114 Å². The highest BCUT2D eigenvalue weighted by Gasteiger charge is 2.12. The lowest BCUT2D eigenvalue weighted by Gasteiger charge is -2.12. The van der Waals surface area contributed by atoms with E-state index in [2.05, 4.69) is 11.4 Å². The average Bonchev–Trinajstić information content (AvgIpc) is 2.38. The van der Waals surface area contributed by atoms with Crippen LogP contribution in [0.4, 0.5) is 5.69 Å². The lowest BCUT2D eigenvalue weighted by Crippen LogP contribution is -2.18. The predicted molar refractivity (Wildman–Crippen MR) is 75.1 cm³/mol. The number of sulfone groups is 1. The minimum atomic E-state index is -3.03. The number of anilines is 1. The van der Waals surface area contributed by atoms with Gasteiger partial charge >= 0.3 is 0 Å². The van der Waals surface area contributed by atoms with Crippen LogP contribution < -0.4 is 10.1 Å². The quantitative estimate of drug-likeness (QED) is 0.825. The Kier molecular flexibility index (Phi) is 5.64. The van der Waals surface area contributed by atoms with Gasteiger partial charge in [0.2, 0.25) is 0 Å². The van der Waals surface area contributed by atoms with Crippen LogP contribution in [0.3, 0.4) is 0 Å². The monoisotopic (exact) mass is 282 g/mol. The number of nitriles is 1. The van der Waals surface area contributed by atoms with Gasteiger partial charge in [0, 0.05) is 12.3 Å². The predicted octanol–water partition coefficient (Wildman–Crippen LogP) is 1.80. The normalized spacial score (nSPS) is 10.8. The lowest BCUT2D eigenvalue weighted by atomic mass is 10.2. The van der Waals surface area contributed by atoms with Crippen LogP contribution in [-0.4, -0.2) is 33.6 Å². The molecule has 5 nitrogen and oxygen atoms in total. The third kappa shape index (κ3) is 4.45. The molecule has 6 heteroatoms. The van der Waals surface area contributed by atoms with Gasteiger partial charge in [0.15, 0.2) is 9.84 Å². The molecule has 1 aromatic carbocycles. The summed E-state index contributed by atoms with van der Waals surface area (Å²) >= 11 is 0. The fraction of sp³-hybridized carbons (Fsp3) is 0.462. The van der Waals surface area contributed by atoms with Gasteiger partial charge in [-0.2, -0.15) is 5.26 Å². The van der Waals surface area contributed by atoms with Crippen LogP contribution in [0, 0.1) is 11.3 Å². The van der Waals surface area contributed by atoms with Gasteiger partial charge in [0.05, 0.1) is 24.1 Å². The maximum atomic E-state index is 11.6. The van der Waals surface area contributed by atoms with E-state index in [4.69, 9.17) is 10.00 Å². The van der Waals surface area contributed by atoms with Crippen LogP contribution in [0.25, 0.3) is 0 Å². The van der Waals surface area contributed by atoms with Gasteiger partial charge in [-0.15, -0.1) is 0 Å². The second kappa shape index (κ2) is 7.00. The molecule has 0 spiro atoms. The average molecular weight is 282 g/mol. The third-order valence-electron chi connectivity index (χ3n) is 2.60. The van der Waals surface area contributed by atoms with Gasteiger partial charge in [-0.1, -0.05) is 13.0 Å². The molecule has 0 bridgehead atoms. The number of nitrogens with zero attached hydrogens (tertiary/aromatic N) is 1. The second-order valence-electron chi connectivity index (χ2n) is 4.07. The van der Waals surface area contributed by atoms with Gasteiger partial charge < -0.3 is 10.1 Å². The summed E-state index contributed by atoms with van der Waals surface area (Å²) in [4.78, 5) is 0. The third-order valence-corrected chi connectivity index (χ3v) is 4.45. The van der Waals surface area contributed by atoms with E-state index in [1.807, 2.05) is 6.92 Å². The Bertz CT molecular complexity index is 562. The minimum absolute atomic E-state index is 0.0454. The Balaban J connectivity index is 2.76. The molecule has 0 aromatic heterocycles. The van der Waals surface area contributed by atoms with E-state index >= 15 is 0 Å². The molecule has 0 amide bonds. The molecule has 0 heterocycles. The molecule has 1 aromatic rings. The second-order valence-corrected chi connectivity index (χ2v) is 6.38. The summed E-state index contributed by atoms with van der Waals surface area (Å²) in [6, 6.07) is 7.15. The lowest BCUT2D eigenvalue weighted by molar-refractivity contribution is 0.416. The van der Waals surface area contributed by atoms with E-state index in [1.165, 1.54) is 7.11 Å². The molecule has 0 aliphatic heterocycles. The molecule has 0 aliphatic rings. The Morgan fingerprint density at radius 1 is 1.37 bits per heavy atom. The summed E-state index contributed by atoms with van der Waals surface area (Å²) in [5.74, 6) is 0.766. The zero-order chi connectivity index (χ0) is 14.3. The highest BCUT2D eigenvalue weighted by Crippen LogP contribution is 2.27. The first kappa shape index (κ1) is 15.3. The number of nitrogens with one attached hydrogen (secondary N) is 1. The molecular weight excluding hydrogens is 264 g/mol. The van der Waals surface area contributed by atoms with E-state index in [0.29, 0.717) is 23.4 Å². The first-order valence-corrected chi connectivity index (χ1v) is 7.87. The topological polar surface area (TPSA) is 79.2 Å². The fourth-order valence-corrected chi connectivity index (χ4v) is 2.96. The van der Waals surface area contributed by atoms with Crippen molar-refractivity contribution in [2.75, 3.05) is 30.5 Å². The van der Waals surface area contributed by atoms with Gasteiger partial charge in [-0.05, 0) is 18.6 Å². The first-order valence-electron chi connectivity index (χ1n) is 6.05. The van der Waals surface area contributed by atoms with Crippen LogP contribution >= 0.6 is 0 Å². The van der Waals surface area contributed by atoms with Crippen LogP contribution in [0.5, 0.6) is 5.75 Å². The molecule has 0 atom stereocenters. The SMILES string of the molecule is CCCS(=O)(=O)CCNc1c(C#N)cccc1OC. The molecule has 0 radical (unpaired) electrons. The number of methoxy groups -OCH3 is 1. The van der Waals surface area contributed by atoms with Crippen LogP contribution in [-0.2, 0) is 9.84 Å². The van der Waals surface area contributed by atoms with E-state index in [0.717, 1.165) is 0 Å². The maximum Gasteiger partial charge on any atom is 0.152 e. The van der Waals surface area contributed by atoms with Gasteiger partial charge in [0.25, 0.3) is 0 Å². The van der Waals surface area contributed by atoms with Crippen molar-refractivity contribution in [2.24, 2.45) is 0 Å². The summed E-state index contributed by atoms with van der Waals surface area (Å²) < 4.78 is 28.3. The van der Waals surface area contributed by atoms with E-state index in [1.54, 1.807) is 18.2 Å². The van der Waals surface area contributed by atoms with E-state index in [-0.39, 0.29) is 18.1 Å². The molecule has 0 unspecified atom stereocenters. The number of ether oxygens (including phenoxy) is 1. The Morgan fingerprint density at radius 3 is 2.68 bits per heavy atom. The zero-order valence-corrected chi connectivity index (χ0v) is 12.0.